The first kappa shape index (κ1) is 13.6. The van der Waals surface area contributed by atoms with Crippen LogP contribution in [-0.4, -0.2) is 33.8 Å². The number of methoxy groups -OCH3 is 1. The molecule has 0 aliphatic carbocycles. The van der Waals surface area contributed by atoms with Crippen LogP contribution in [0.1, 0.15) is 22.6 Å². The third kappa shape index (κ3) is 2.38. The average molecular weight is 287 g/mol. The van der Waals surface area contributed by atoms with Gasteiger partial charge in [-0.15, -0.1) is 0 Å². The van der Waals surface area contributed by atoms with Crippen molar-refractivity contribution in [3.8, 4) is 17.1 Å². The van der Waals surface area contributed by atoms with Crippen LogP contribution in [0.5, 0.6) is 5.75 Å². The summed E-state index contributed by atoms with van der Waals surface area (Å²) < 4.78 is 7.14. The number of benzene rings is 1. The maximum absolute atomic E-state index is 11.4. The minimum absolute atomic E-state index is 0.0257. The number of ether oxygens (including phenoxy) is 1. The van der Waals surface area contributed by atoms with Gasteiger partial charge >= 0.3 is 5.97 Å². The summed E-state index contributed by atoms with van der Waals surface area (Å²) in [5.41, 5.74) is 7.72. The SMILES string of the molecule is COc1cccc(-c2nc(C(=O)O)c3n2CC(N)CC3)c1. The lowest BCUT2D eigenvalue weighted by atomic mass is 10.0. The molecule has 0 saturated carbocycles. The fraction of sp³-hybridized carbons (Fsp3) is 0.333. The molecule has 1 aliphatic heterocycles. The molecule has 0 saturated heterocycles. The monoisotopic (exact) mass is 287 g/mol. The van der Waals surface area contributed by atoms with Crippen molar-refractivity contribution in [2.45, 2.75) is 25.4 Å². The molecule has 21 heavy (non-hydrogen) atoms. The molecule has 0 amide bonds. The molecule has 0 fully saturated rings. The fourth-order valence-corrected chi connectivity index (χ4v) is 2.74. The first-order valence-electron chi connectivity index (χ1n) is 6.83. The van der Waals surface area contributed by atoms with Gasteiger partial charge in [0.05, 0.1) is 12.8 Å². The molecule has 0 radical (unpaired) electrons. The first-order chi connectivity index (χ1) is 10.1. The van der Waals surface area contributed by atoms with Crippen LogP contribution in [0.3, 0.4) is 0 Å². The van der Waals surface area contributed by atoms with Gasteiger partial charge < -0.3 is 20.1 Å². The number of fused-ring (bicyclic) bond motifs is 1. The predicted octanol–water partition coefficient (Wildman–Crippen LogP) is 1.53. The number of carboxylic acids is 1. The number of carbonyl (C=O) groups is 1. The van der Waals surface area contributed by atoms with Gasteiger partial charge in [0, 0.05) is 18.2 Å². The molecule has 0 spiro atoms. The number of aromatic nitrogens is 2. The Morgan fingerprint density at radius 2 is 2.33 bits per heavy atom. The van der Waals surface area contributed by atoms with Crippen LogP contribution in [0.2, 0.25) is 0 Å². The summed E-state index contributed by atoms with van der Waals surface area (Å²) in [4.78, 5) is 15.7. The number of nitrogens with zero attached hydrogens (tertiary/aromatic N) is 2. The van der Waals surface area contributed by atoms with Crippen LogP contribution < -0.4 is 10.5 Å². The van der Waals surface area contributed by atoms with Crippen LogP contribution in [-0.2, 0) is 13.0 Å². The zero-order chi connectivity index (χ0) is 15.0. The molecule has 3 N–H and O–H groups in total. The third-order valence-electron chi connectivity index (χ3n) is 3.77. The summed E-state index contributed by atoms with van der Waals surface area (Å²) in [5.74, 6) is 0.349. The number of carboxylic acid groups (broad SMARTS) is 1. The lowest BCUT2D eigenvalue weighted by Crippen LogP contribution is -2.32. The van der Waals surface area contributed by atoms with Crippen molar-refractivity contribution in [2.75, 3.05) is 7.11 Å². The van der Waals surface area contributed by atoms with Crippen LogP contribution in [0.25, 0.3) is 11.4 Å². The van der Waals surface area contributed by atoms with E-state index in [-0.39, 0.29) is 11.7 Å². The van der Waals surface area contributed by atoms with E-state index in [4.69, 9.17) is 10.5 Å². The van der Waals surface area contributed by atoms with Crippen LogP contribution in [0, 0.1) is 0 Å². The Kier molecular flexibility index (Phi) is 3.39. The van der Waals surface area contributed by atoms with E-state index < -0.39 is 5.97 Å². The van der Waals surface area contributed by atoms with Crippen molar-refractivity contribution in [2.24, 2.45) is 5.73 Å². The van der Waals surface area contributed by atoms with E-state index in [2.05, 4.69) is 4.98 Å². The minimum Gasteiger partial charge on any atom is -0.497 e. The van der Waals surface area contributed by atoms with Crippen LogP contribution in [0.4, 0.5) is 0 Å². The number of aromatic carboxylic acids is 1. The summed E-state index contributed by atoms with van der Waals surface area (Å²) >= 11 is 0. The van der Waals surface area contributed by atoms with Crippen LogP contribution in [0.15, 0.2) is 24.3 Å². The normalized spacial score (nSPS) is 17.3. The first-order valence-corrected chi connectivity index (χ1v) is 6.83. The average Bonchev–Trinajstić information content (AvgIpc) is 2.86. The second-order valence-electron chi connectivity index (χ2n) is 5.18. The molecule has 3 rings (SSSR count). The molecule has 1 aromatic carbocycles. The zero-order valence-corrected chi connectivity index (χ0v) is 11.7. The largest absolute Gasteiger partial charge is 0.497 e. The van der Waals surface area contributed by atoms with Crippen molar-refractivity contribution in [3.05, 3.63) is 35.7 Å². The van der Waals surface area contributed by atoms with Crippen molar-refractivity contribution < 1.29 is 14.6 Å². The molecule has 2 heterocycles. The Morgan fingerprint density at radius 3 is 3.05 bits per heavy atom. The van der Waals surface area contributed by atoms with E-state index in [0.29, 0.717) is 24.5 Å². The number of hydrogen-bond donors (Lipinski definition) is 2. The van der Waals surface area contributed by atoms with E-state index in [1.165, 1.54) is 0 Å². The molecule has 6 nitrogen and oxygen atoms in total. The maximum Gasteiger partial charge on any atom is 0.356 e. The molecule has 1 aliphatic rings. The van der Waals surface area contributed by atoms with E-state index >= 15 is 0 Å². The Morgan fingerprint density at radius 1 is 1.52 bits per heavy atom. The highest BCUT2D eigenvalue weighted by molar-refractivity contribution is 5.88. The topological polar surface area (TPSA) is 90.4 Å². The summed E-state index contributed by atoms with van der Waals surface area (Å²) in [6, 6.07) is 7.47. The Hall–Kier alpha value is -2.34. The molecular weight excluding hydrogens is 270 g/mol. The van der Waals surface area contributed by atoms with Gasteiger partial charge in [-0.05, 0) is 25.0 Å². The van der Waals surface area contributed by atoms with Gasteiger partial charge in [-0.2, -0.15) is 0 Å². The lowest BCUT2D eigenvalue weighted by molar-refractivity contribution is 0.0689. The third-order valence-corrected chi connectivity index (χ3v) is 3.77. The van der Waals surface area contributed by atoms with Gasteiger partial charge in [0.1, 0.15) is 11.6 Å². The number of hydrogen-bond acceptors (Lipinski definition) is 4. The van der Waals surface area contributed by atoms with Crippen molar-refractivity contribution in [1.29, 1.82) is 0 Å². The Balaban J connectivity index is 2.15. The van der Waals surface area contributed by atoms with Gasteiger partial charge in [-0.1, -0.05) is 12.1 Å². The standard InChI is InChI=1S/C15H17N3O3/c1-21-11-4-2-3-9(7-11)14-17-13(15(19)20)12-6-5-10(16)8-18(12)14/h2-4,7,10H,5-6,8,16H2,1H3,(H,19,20). The summed E-state index contributed by atoms with van der Waals surface area (Å²) in [6.45, 7) is 0.585. The Labute approximate surface area is 122 Å². The fourth-order valence-electron chi connectivity index (χ4n) is 2.74. The van der Waals surface area contributed by atoms with Gasteiger partial charge in [0.2, 0.25) is 0 Å². The lowest BCUT2D eigenvalue weighted by Gasteiger charge is -2.22. The molecule has 110 valence electrons. The second-order valence-corrected chi connectivity index (χ2v) is 5.18. The van der Waals surface area contributed by atoms with Gasteiger partial charge in [0.15, 0.2) is 5.69 Å². The van der Waals surface area contributed by atoms with Crippen molar-refractivity contribution in [1.82, 2.24) is 9.55 Å². The molecule has 1 atom stereocenters. The second kappa shape index (κ2) is 5.21. The molecule has 0 bridgehead atoms. The summed E-state index contributed by atoms with van der Waals surface area (Å²) in [6.07, 6.45) is 1.42. The van der Waals surface area contributed by atoms with E-state index in [1.54, 1.807) is 7.11 Å². The van der Waals surface area contributed by atoms with Gasteiger partial charge in [-0.3, -0.25) is 0 Å². The number of rotatable bonds is 3. The maximum atomic E-state index is 11.4. The zero-order valence-electron chi connectivity index (χ0n) is 11.7. The van der Waals surface area contributed by atoms with Crippen molar-refractivity contribution >= 4 is 5.97 Å². The predicted molar refractivity (Wildman–Crippen MR) is 77.5 cm³/mol. The molecule has 2 aromatic rings. The quantitative estimate of drug-likeness (QED) is 0.893. The number of imidazole rings is 1. The number of nitrogens with two attached hydrogens (primary N) is 1. The molecule has 1 aromatic heterocycles. The van der Waals surface area contributed by atoms with Gasteiger partial charge in [0.25, 0.3) is 0 Å². The highest BCUT2D eigenvalue weighted by Gasteiger charge is 2.27. The highest BCUT2D eigenvalue weighted by atomic mass is 16.5. The minimum atomic E-state index is -0.997. The molecule has 1 unspecified atom stereocenters. The van der Waals surface area contributed by atoms with Crippen molar-refractivity contribution in [3.63, 3.8) is 0 Å². The highest BCUT2D eigenvalue weighted by Crippen LogP contribution is 2.29. The summed E-state index contributed by atoms with van der Waals surface area (Å²) in [5, 5.41) is 9.34. The molecule has 6 heteroatoms. The summed E-state index contributed by atoms with van der Waals surface area (Å²) in [7, 11) is 1.60. The van der Waals surface area contributed by atoms with E-state index in [0.717, 1.165) is 17.7 Å². The van der Waals surface area contributed by atoms with Crippen LogP contribution >= 0.6 is 0 Å². The van der Waals surface area contributed by atoms with E-state index in [1.807, 2.05) is 28.8 Å². The Bertz CT molecular complexity index is 693. The van der Waals surface area contributed by atoms with E-state index in [9.17, 15) is 9.90 Å². The smallest absolute Gasteiger partial charge is 0.356 e. The van der Waals surface area contributed by atoms with Gasteiger partial charge in [-0.25, -0.2) is 9.78 Å². The molecular formula is C15H17N3O3.